The van der Waals surface area contributed by atoms with Crippen molar-refractivity contribution in [2.24, 2.45) is 5.92 Å². The van der Waals surface area contributed by atoms with E-state index >= 15 is 0 Å². The van der Waals surface area contributed by atoms with E-state index in [9.17, 15) is 4.79 Å². The van der Waals surface area contributed by atoms with Crippen LogP contribution in [0, 0.1) is 5.92 Å². The molecule has 0 aromatic heterocycles. The van der Waals surface area contributed by atoms with Gasteiger partial charge in [0.15, 0.2) is 0 Å². The zero-order valence-corrected chi connectivity index (χ0v) is 5.77. The van der Waals surface area contributed by atoms with Gasteiger partial charge in [-0.3, -0.25) is 4.79 Å². The van der Waals surface area contributed by atoms with Crippen molar-refractivity contribution in [2.75, 3.05) is 0 Å². The van der Waals surface area contributed by atoms with Crippen LogP contribution in [0.25, 0.3) is 0 Å². The predicted octanol–water partition coefficient (Wildman–Crippen LogP) is 1.96. The first kappa shape index (κ1) is 7.70. The molecule has 0 aromatic rings. The van der Waals surface area contributed by atoms with E-state index in [1.165, 1.54) is 0 Å². The number of hydrogen-bond donors (Lipinski definition) is 0. The number of allylic oxidation sites excluding steroid dienone is 2. The highest BCUT2D eigenvalue weighted by Crippen LogP contribution is 2.00. The summed E-state index contributed by atoms with van der Waals surface area (Å²) in [5, 5.41) is -0.303. The van der Waals surface area contributed by atoms with E-state index in [0.29, 0.717) is 0 Å². The first-order chi connectivity index (χ1) is 3.68. The summed E-state index contributed by atoms with van der Waals surface area (Å²) in [6.45, 7) is 3.62. The lowest BCUT2D eigenvalue weighted by Crippen LogP contribution is -1.97. The molecule has 0 saturated heterocycles. The second-order valence-corrected chi connectivity index (χ2v) is 1.99. The molecule has 1 atom stereocenters. The maximum absolute atomic E-state index is 10.2. The normalized spacial score (nSPS) is 14.4. The molecule has 0 amide bonds. The molecule has 0 aliphatic rings. The average Bonchev–Trinajstić information content (AvgIpc) is 1.67. The standard InChI is InChI=1S/C6H9ClO/c1-3-4-5(2)6(7)8/h3-5H,1-2H3. The zero-order chi connectivity index (χ0) is 6.57. The maximum atomic E-state index is 10.2. The molecular weight excluding hydrogens is 124 g/mol. The van der Waals surface area contributed by atoms with E-state index in [2.05, 4.69) is 0 Å². The van der Waals surface area contributed by atoms with Gasteiger partial charge in [-0.2, -0.15) is 0 Å². The minimum atomic E-state index is -0.303. The molecule has 0 N–H and O–H groups in total. The molecule has 0 aliphatic heterocycles. The predicted molar refractivity (Wildman–Crippen MR) is 34.8 cm³/mol. The molecule has 1 nitrogen and oxygen atoms in total. The quantitative estimate of drug-likeness (QED) is 0.415. The molecule has 0 saturated carbocycles. The first-order valence-electron chi connectivity index (χ1n) is 2.50. The maximum Gasteiger partial charge on any atom is 0.228 e. The van der Waals surface area contributed by atoms with E-state index < -0.39 is 0 Å². The molecule has 0 heterocycles. The molecule has 1 unspecified atom stereocenters. The van der Waals surface area contributed by atoms with Crippen LogP contribution >= 0.6 is 11.6 Å². The Hall–Kier alpha value is -0.300. The highest BCUT2D eigenvalue weighted by molar-refractivity contribution is 6.64. The fourth-order valence-corrected chi connectivity index (χ4v) is 0.437. The first-order valence-corrected chi connectivity index (χ1v) is 2.88. The van der Waals surface area contributed by atoms with Crippen molar-refractivity contribution in [3.05, 3.63) is 12.2 Å². The van der Waals surface area contributed by atoms with Crippen molar-refractivity contribution in [1.29, 1.82) is 0 Å². The van der Waals surface area contributed by atoms with Gasteiger partial charge in [0, 0.05) is 5.92 Å². The molecule has 2 heteroatoms. The Balaban J connectivity index is 3.64. The summed E-state index contributed by atoms with van der Waals surface area (Å²) < 4.78 is 0. The molecular formula is C6H9ClO. The van der Waals surface area contributed by atoms with E-state index in [1.807, 2.05) is 13.0 Å². The molecule has 0 bridgehead atoms. The Morgan fingerprint density at radius 3 is 2.38 bits per heavy atom. The molecule has 0 aromatic carbocycles. The Kier molecular flexibility index (Phi) is 3.53. The number of hydrogen-bond acceptors (Lipinski definition) is 1. The van der Waals surface area contributed by atoms with Crippen LogP contribution in [0.1, 0.15) is 13.8 Å². The van der Waals surface area contributed by atoms with Crippen LogP contribution in [-0.2, 0) is 4.79 Å². The molecule has 0 aliphatic carbocycles. The Morgan fingerprint density at radius 1 is 1.75 bits per heavy atom. The van der Waals surface area contributed by atoms with E-state index in [1.54, 1.807) is 13.0 Å². The third-order valence-corrected chi connectivity index (χ3v) is 1.18. The van der Waals surface area contributed by atoms with Crippen molar-refractivity contribution in [1.82, 2.24) is 0 Å². The lowest BCUT2D eigenvalue weighted by Gasteiger charge is -1.92. The SMILES string of the molecule is CC=CC(C)C(=O)Cl. The van der Waals surface area contributed by atoms with Gasteiger partial charge in [0.1, 0.15) is 0 Å². The zero-order valence-electron chi connectivity index (χ0n) is 5.02. The van der Waals surface area contributed by atoms with Crippen molar-refractivity contribution in [3.63, 3.8) is 0 Å². The Bertz CT molecular complexity index is 107. The average molecular weight is 133 g/mol. The van der Waals surface area contributed by atoms with Gasteiger partial charge in [-0.15, -0.1) is 0 Å². The van der Waals surface area contributed by atoms with Crippen LogP contribution in [-0.4, -0.2) is 5.24 Å². The number of halogens is 1. The summed E-state index contributed by atoms with van der Waals surface area (Å²) in [7, 11) is 0. The number of rotatable bonds is 2. The molecule has 0 spiro atoms. The summed E-state index contributed by atoms with van der Waals surface area (Å²) in [6.07, 6.45) is 3.57. The third kappa shape index (κ3) is 2.80. The topological polar surface area (TPSA) is 17.1 Å². The van der Waals surface area contributed by atoms with Crippen molar-refractivity contribution >= 4 is 16.8 Å². The fraction of sp³-hybridized carbons (Fsp3) is 0.500. The summed E-state index contributed by atoms with van der Waals surface area (Å²) in [5.74, 6) is -0.137. The smallest absolute Gasteiger partial charge is 0.228 e. The monoisotopic (exact) mass is 132 g/mol. The number of carbonyl (C=O) groups is 1. The molecule has 0 rings (SSSR count). The molecule has 0 fully saturated rings. The van der Waals surface area contributed by atoms with Gasteiger partial charge in [0.05, 0.1) is 0 Å². The summed E-state index contributed by atoms with van der Waals surface area (Å²) in [6, 6.07) is 0. The van der Waals surface area contributed by atoms with Crippen LogP contribution in [0.5, 0.6) is 0 Å². The highest BCUT2D eigenvalue weighted by atomic mass is 35.5. The van der Waals surface area contributed by atoms with Gasteiger partial charge in [-0.25, -0.2) is 0 Å². The van der Waals surface area contributed by atoms with Gasteiger partial charge in [-0.1, -0.05) is 19.1 Å². The summed E-state index contributed by atoms with van der Waals surface area (Å²) in [5.41, 5.74) is 0. The minimum Gasteiger partial charge on any atom is -0.281 e. The Morgan fingerprint density at radius 2 is 2.25 bits per heavy atom. The fourth-order valence-electron chi connectivity index (χ4n) is 0.364. The summed E-state index contributed by atoms with van der Waals surface area (Å²) in [4.78, 5) is 10.2. The van der Waals surface area contributed by atoms with Crippen LogP contribution in [0.2, 0.25) is 0 Å². The molecule has 0 radical (unpaired) electrons. The highest BCUT2D eigenvalue weighted by Gasteiger charge is 2.02. The van der Waals surface area contributed by atoms with E-state index in [4.69, 9.17) is 11.6 Å². The van der Waals surface area contributed by atoms with Gasteiger partial charge in [0.25, 0.3) is 0 Å². The van der Waals surface area contributed by atoms with Gasteiger partial charge >= 0.3 is 0 Å². The lowest BCUT2D eigenvalue weighted by atomic mass is 10.2. The van der Waals surface area contributed by atoms with Crippen LogP contribution in [0.15, 0.2) is 12.2 Å². The largest absolute Gasteiger partial charge is 0.281 e. The van der Waals surface area contributed by atoms with Crippen molar-refractivity contribution in [3.8, 4) is 0 Å². The van der Waals surface area contributed by atoms with E-state index in [0.717, 1.165) is 0 Å². The van der Waals surface area contributed by atoms with Crippen molar-refractivity contribution < 1.29 is 4.79 Å². The lowest BCUT2D eigenvalue weighted by molar-refractivity contribution is -0.113. The Labute approximate surface area is 54.3 Å². The number of carbonyl (C=O) groups excluding carboxylic acids is 1. The van der Waals surface area contributed by atoms with Gasteiger partial charge < -0.3 is 0 Å². The van der Waals surface area contributed by atoms with Crippen LogP contribution in [0.3, 0.4) is 0 Å². The van der Waals surface area contributed by atoms with E-state index in [-0.39, 0.29) is 11.2 Å². The van der Waals surface area contributed by atoms with Gasteiger partial charge in [-0.05, 0) is 18.5 Å². The second kappa shape index (κ2) is 3.67. The third-order valence-electron chi connectivity index (χ3n) is 0.839. The second-order valence-electron chi connectivity index (χ2n) is 1.62. The molecule has 8 heavy (non-hydrogen) atoms. The summed E-state index contributed by atoms with van der Waals surface area (Å²) >= 11 is 5.12. The van der Waals surface area contributed by atoms with Gasteiger partial charge in [0.2, 0.25) is 5.24 Å². The minimum absolute atomic E-state index is 0.137. The van der Waals surface area contributed by atoms with Crippen LogP contribution in [0.4, 0.5) is 0 Å². The molecule has 46 valence electrons. The van der Waals surface area contributed by atoms with Crippen LogP contribution < -0.4 is 0 Å². The van der Waals surface area contributed by atoms with Crippen molar-refractivity contribution in [2.45, 2.75) is 13.8 Å².